The van der Waals surface area contributed by atoms with E-state index in [4.69, 9.17) is 0 Å². The molecular formula is C13H17NO4S. The van der Waals surface area contributed by atoms with Crippen LogP contribution in [0.15, 0.2) is 29.2 Å². The Balaban J connectivity index is 2.90. The molecule has 0 saturated carbocycles. The van der Waals surface area contributed by atoms with E-state index in [0.717, 1.165) is 0 Å². The molecule has 0 aliphatic heterocycles. The summed E-state index contributed by atoms with van der Waals surface area (Å²) in [5, 5.41) is 9.92. The summed E-state index contributed by atoms with van der Waals surface area (Å²) < 4.78 is 34.3. The van der Waals surface area contributed by atoms with Gasteiger partial charge >= 0.3 is 0 Å². The largest absolute Gasteiger partial charge is 0.394 e. The Labute approximate surface area is 112 Å². The Morgan fingerprint density at radius 3 is 2.47 bits per heavy atom. The molecule has 0 bridgehead atoms. The molecule has 0 aliphatic carbocycles. The lowest BCUT2D eigenvalue weighted by atomic mass is 10.2. The average molecular weight is 283 g/mol. The zero-order valence-electron chi connectivity index (χ0n) is 10.9. The molecule has 19 heavy (non-hydrogen) atoms. The lowest BCUT2D eigenvalue weighted by Gasteiger charge is -2.18. The third kappa shape index (κ3) is 2.27. The number of para-hydroxylation sites is 1. The molecule has 1 aromatic carbocycles. The fourth-order valence-corrected chi connectivity index (χ4v) is 3.47. The van der Waals surface area contributed by atoms with Gasteiger partial charge < -0.3 is 9.67 Å². The lowest BCUT2D eigenvalue weighted by molar-refractivity contribution is 0.225. The molecule has 1 atom stereocenters. The van der Waals surface area contributed by atoms with Crippen LogP contribution in [0.25, 0.3) is 10.9 Å². The molecule has 1 unspecified atom stereocenters. The fraction of sp³-hybridized carbons (Fsp3) is 0.385. The van der Waals surface area contributed by atoms with Crippen molar-refractivity contribution in [3.05, 3.63) is 30.0 Å². The van der Waals surface area contributed by atoms with Crippen molar-refractivity contribution in [2.24, 2.45) is 0 Å². The molecule has 0 spiro atoms. The van der Waals surface area contributed by atoms with Crippen molar-refractivity contribution in [1.82, 2.24) is 4.57 Å². The van der Waals surface area contributed by atoms with Crippen LogP contribution in [0.4, 0.5) is 0 Å². The second kappa shape index (κ2) is 4.96. The van der Waals surface area contributed by atoms with Crippen molar-refractivity contribution in [3.8, 4) is 0 Å². The van der Waals surface area contributed by atoms with E-state index in [2.05, 4.69) is 0 Å². The molecule has 1 heterocycles. The van der Waals surface area contributed by atoms with Gasteiger partial charge in [-0.15, -0.1) is 0 Å². The highest BCUT2D eigenvalue weighted by atomic mass is 32.2. The van der Waals surface area contributed by atoms with Crippen LogP contribution in [-0.2, 0) is 10.1 Å². The molecule has 0 aliphatic rings. The van der Waals surface area contributed by atoms with Crippen LogP contribution in [0, 0.1) is 6.92 Å². The van der Waals surface area contributed by atoms with Crippen LogP contribution in [-0.4, -0.2) is 29.3 Å². The summed E-state index contributed by atoms with van der Waals surface area (Å²) in [5.74, 6) is 0. The first-order valence-electron chi connectivity index (χ1n) is 6.09. The highest BCUT2D eigenvalue weighted by Gasteiger charge is 2.25. The van der Waals surface area contributed by atoms with E-state index >= 15 is 0 Å². The van der Waals surface area contributed by atoms with Gasteiger partial charge in [-0.3, -0.25) is 4.55 Å². The quantitative estimate of drug-likeness (QED) is 0.842. The fourth-order valence-electron chi connectivity index (χ4n) is 2.55. The van der Waals surface area contributed by atoms with Crippen LogP contribution < -0.4 is 0 Å². The molecular weight excluding hydrogens is 266 g/mol. The van der Waals surface area contributed by atoms with E-state index in [0.29, 0.717) is 23.0 Å². The maximum atomic E-state index is 11.6. The number of rotatable bonds is 4. The van der Waals surface area contributed by atoms with Gasteiger partial charge in [0.2, 0.25) is 0 Å². The molecule has 1 aromatic heterocycles. The predicted molar refractivity (Wildman–Crippen MR) is 72.9 cm³/mol. The number of aromatic nitrogens is 1. The third-order valence-corrected chi connectivity index (χ3v) is 4.43. The standard InChI is InChI=1S/C13H17NO4S/c1-3-10(8-15)14-9(2)13(19(16,17)18)11-6-4-5-7-12(11)14/h4-7,10,15H,3,8H2,1-2H3,(H,16,17,18). The second-order valence-electron chi connectivity index (χ2n) is 4.52. The first-order chi connectivity index (χ1) is 8.91. The highest BCUT2D eigenvalue weighted by molar-refractivity contribution is 7.86. The molecule has 0 radical (unpaired) electrons. The van der Waals surface area contributed by atoms with Crippen molar-refractivity contribution in [3.63, 3.8) is 0 Å². The summed E-state index contributed by atoms with van der Waals surface area (Å²) in [7, 11) is -4.29. The smallest absolute Gasteiger partial charge is 0.296 e. The number of aliphatic hydroxyl groups excluding tert-OH is 1. The normalized spacial score (nSPS) is 13.9. The zero-order valence-corrected chi connectivity index (χ0v) is 11.7. The average Bonchev–Trinajstić information content (AvgIpc) is 2.64. The maximum absolute atomic E-state index is 11.6. The van der Waals surface area contributed by atoms with E-state index in [-0.39, 0.29) is 17.5 Å². The van der Waals surface area contributed by atoms with E-state index in [1.165, 1.54) is 0 Å². The highest BCUT2D eigenvalue weighted by Crippen LogP contribution is 2.32. The second-order valence-corrected chi connectivity index (χ2v) is 5.88. The van der Waals surface area contributed by atoms with Gasteiger partial charge in [-0.25, -0.2) is 0 Å². The van der Waals surface area contributed by atoms with Gasteiger partial charge in [0.15, 0.2) is 0 Å². The summed E-state index contributed by atoms with van der Waals surface area (Å²) in [6.45, 7) is 3.48. The SMILES string of the molecule is CCC(CO)n1c(C)c(S(=O)(=O)O)c2ccccc21. The molecule has 104 valence electrons. The monoisotopic (exact) mass is 283 g/mol. The number of hydrogen-bond acceptors (Lipinski definition) is 3. The molecule has 0 saturated heterocycles. The molecule has 0 amide bonds. The number of fused-ring (bicyclic) bond motifs is 1. The molecule has 5 nitrogen and oxygen atoms in total. The lowest BCUT2D eigenvalue weighted by Crippen LogP contribution is -2.14. The Morgan fingerprint density at radius 2 is 1.95 bits per heavy atom. The van der Waals surface area contributed by atoms with Gasteiger partial charge in [0.1, 0.15) is 4.90 Å². The summed E-state index contributed by atoms with van der Waals surface area (Å²) in [4.78, 5) is -0.0741. The van der Waals surface area contributed by atoms with Gasteiger partial charge in [-0.1, -0.05) is 25.1 Å². The summed E-state index contributed by atoms with van der Waals surface area (Å²) in [6, 6.07) is 6.76. The van der Waals surface area contributed by atoms with E-state index in [1.54, 1.807) is 35.8 Å². The van der Waals surface area contributed by atoms with Crippen molar-refractivity contribution in [1.29, 1.82) is 0 Å². The van der Waals surface area contributed by atoms with Crippen LogP contribution in [0.2, 0.25) is 0 Å². The molecule has 0 fully saturated rings. The van der Waals surface area contributed by atoms with Crippen molar-refractivity contribution in [2.75, 3.05) is 6.61 Å². The number of benzene rings is 1. The van der Waals surface area contributed by atoms with Crippen LogP contribution >= 0.6 is 0 Å². The number of aliphatic hydroxyl groups is 1. The molecule has 2 N–H and O–H groups in total. The minimum atomic E-state index is -4.29. The van der Waals surface area contributed by atoms with Crippen LogP contribution in [0.3, 0.4) is 0 Å². The van der Waals surface area contributed by atoms with Crippen molar-refractivity contribution >= 4 is 21.0 Å². The van der Waals surface area contributed by atoms with Gasteiger partial charge in [0, 0.05) is 16.6 Å². The maximum Gasteiger partial charge on any atom is 0.296 e. The Bertz CT molecular complexity index is 699. The minimum absolute atomic E-state index is 0.0741. The Hall–Kier alpha value is -1.37. The van der Waals surface area contributed by atoms with Crippen molar-refractivity contribution < 1.29 is 18.1 Å². The molecule has 2 aromatic rings. The molecule has 6 heteroatoms. The summed E-state index contributed by atoms with van der Waals surface area (Å²) >= 11 is 0. The third-order valence-electron chi connectivity index (χ3n) is 3.40. The zero-order chi connectivity index (χ0) is 14.2. The van der Waals surface area contributed by atoms with Crippen LogP contribution in [0.1, 0.15) is 25.1 Å². The number of nitrogens with zero attached hydrogens (tertiary/aromatic N) is 1. The van der Waals surface area contributed by atoms with E-state index < -0.39 is 10.1 Å². The first-order valence-corrected chi connectivity index (χ1v) is 7.53. The first kappa shape index (κ1) is 14.0. The minimum Gasteiger partial charge on any atom is -0.394 e. The van der Waals surface area contributed by atoms with Crippen LogP contribution in [0.5, 0.6) is 0 Å². The predicted octanol–water partition coefficient (Wildman–Crippen LogP) is 2.14. The number of hydrogen-bond donors (Lipinski definition) is 2. The van der Waals surface area contributed by atoms with Gasteiger partial charge in [0.05, 0.1) is 12.6 Å². The topological polar surface area (TPSA) is 79.5 Å². The van der Waals surface area contributed by atoms with Gasteiger partial charge in [0.25, 0.3) is 10.1 Å². The Kier molecular flexibility index (Phi) is 3.66. The van der Waals surface area contributed by atoms with Gasteiger partial charge in [-0.2, -0.15) is 8.42 Å². The van der Waals surface area contributed by atoms with Crippen molar-refractivity contribution in [2.45, 2.75) is 31.2 Å². The molecule has 2 rings (SSSR count). The van der Waals surface area contributed by atoms with E-state index in [1.807, 2.05) is 6.92 Å². The summed E-state index contributed by atoms with van der Waals surface area (Å²) in [6.07, 6.45) is 0.668. The summed E-state index contributed by atoms with van der Waals surface area (Å²) in [5.41, 5.74) is 1.15. The Morgan fingerprint density at radius 1 is 1.32 bits per heavy atom. The van der Waals surface area contributed by atoms with E-state index in [9.17, 15) is 18.1 Å². The van der Waals surface area contributed by atoms with Gasteiger partial charge in [-0.05, 0) is 19.4 Å².